The third-order valence-corrected chi connectivity index (χ3v) is 3.01. The minimum Gasteiger partial charge on any atom is -0.480 e. The molecule has 7 heteroatoms. The maximum Gasteiger partial charge on any atom is 0.320 e. The van der Waals surface area contributed by atoms with Gasteiger partial charge in [0, 0.05) is 6.54 Å². The number of nitrogens with two attached hydrogens (primary N) is 1. The van der Waals surface area contributed by atoms with Crippen LogP contribution in [0, 0.1) is 0 Å². The number of aromatic nitrogens is 1. The van der Waals surface area contributed by atoms with E-state index in [9.17, 15) is 4.79 Å². The Kier molecular flexibility index (Phi) is 7.09. The maximum atomic E-state index is 11.1. The van der Waals surface area contributed by atoms with Gasteiger partial charge in [0.1, 0.15) is 16.3 Å². The molecule has 0 aliphatic carbocycles. The third kappa shape index (κ3) is 6.20. The van der Waals surface area contributed by atoms with Gasteiger partial charge >= 0.3 is 5.97 Å². The fourth-order valence-corrected chi connectivity index (χ4v) is 2.17. The van der Waals surface area contributed by atoms with Gasteiger partial charge in [-0.3, -0.25) is 4.79 Å². The molecule has 106 valence electrons. The Balaban J connectivity index is 2.53. The summed E-state index contributed by atoms with van der Waals surface area (Å²) in [6.45, 7) is 0.948. The highest BCUT2D eigenvalue weighted by atomic mass is 35.5. The SMILES string of the molecule is NCCCC[C@H](NCc1cc(Cl)nc(Cl)c1)C(=O)O. The summed E-state index contributed by atoms with van der Waals surface area (Å²) < 4.78 is 0. The van der Waals surface area contributed by atoms with Gasteiger partial charge in [-0.05, 0) is 37.1 Å². The summed E-state index contributed by atoms with van der Waals surface area (Å²) in [6.07, 6.45) is 2.13. The van der Waals surface area contributed by atoms with Crippen molar-refractivity contribution in [2.24, 2.45) is 5.73 Å². The molecule has 4 N–H and O–H groups in total. The van der Waals surface area contributed by atoms with Gasteiger partial charge in [-0.1, -0.05) is 29.6 Å². The fourth-order valence-electron chi connectivity index (χ4n) is 1.66. The number of carboxylic acids is 1. The van der Waals surface area contributed by atoms with E-state index in [-0.39, 0.29) is 0 Å². The Labute approximate surface area is 122 Å². The molecular weight excluding hydrogens is 289 g/mol. The van der Waals surface area contributed by atoms with Gasteiger partial charge < -0.3 is 16.2 Å². The topological polar surface area (TPSA) is 88.2 Å². The minimum absolute atomic E-state index is 0.291. The standard InChI is InChI=1S/C12H17Cl2N3O2/c13-10-5-8(6-11(14)17-10)7-16-9(12(18)19)3-1-2-4-15/h5-6,9,16H,1-4,7,15H2,(H,18,19)/t9-/m0/s1. The van der Waals surface area contributed by atoms with Crippen molar-refractivity contribution in [2.75, 3.05) is 6.54 Å². The lowest BCUT2D eigenvalue weighted by molar-refractivity contribution is -0.139. The van der Waals surface area contributed by atoms with Gasteiger partial charge in [-0.15, -0.1) is 0 Å². The number of unbranched alkanes of at least 4 members (excludes halogenated alkanes) is 1. The van der Waals surface area contributed by atoms with Crippen molar-refractivity contribution in [2.45, 2.75) is 31.8 Å². The van der Waals surface area contributed by atoms with Crippen LogP contribution in [0.2, 0.25) is 10.3 Å². The lowest BCUT2D eigenvalue weighted by Gasteiger charge is -2.14. The second-order valence-corrected chi connectivity index (χ2v) is 4.95. The van der Waals surface area contributed by atoms with Crippen LogP contribution in [0.4, 0.5) is 0 Å². The first-order valence-corrected chi connectivity index (χ1v) is 6.76. The largest absolute Gasteiger partial charge is 0.480 e. The van der Waals surface area contributed by atoms with E-state index < -0.39 is 12.0 Å². The van der Waals surface area contributed by atoms with Crippen LogP contribution in [0.15, 0.2) is 12.1 Å². The molecule has 1 aromatic rings. The number of hydrogen-bond donors (Lipinski definition) is 3. The van der Waals surface area contributed by atoms with Gasteiger partial charge in [-0.2, -0.15) is 0 Å². The Bertz CT molecular complexity index is 409. The van der Waals surface area contributed by atoms with Crippen molar-refractivity contribution >= 4 is 29.2 Å². The predicted molar refractivity (Wildman–Crippen MR) is 75.4 cm³/mol. The van der Waals surface area contributed by atoms with Crippen molar-refractivity contribution in [1.82, 2.24) is 10.3 Å². The predicted octanol–water partition coefficient (Wildman–Crippen LogP) is 2.06. The van der Waals surface area contributed by atoms with E-state index in [0.29, 0.717) is 29.8 Å². The van der Waals surface area contributed by atoms with E-state index in [4.69, 9.17) is 34.0 Å². The van der Waals surface area contributed by atoms with Crippen molar-refractivity contribution in [1.29, 1.82) is 0 Å². The van der Waals surface area contributed by atoms with E-state index in [2.05, 4.69) is 10.3 Å². The highest BCUT2D eigenvalue weighted by Gasteiger charge is 2.16. The average molecular weight is 306 g/mol. The van der Waals surface area contributed by atoms with E-state index in [1.807, 2.05) is 0 Å². The molecule has 0 saturated heterocycles. The van der Waals surface area contributed by atoms with Gasteiger partial charge in [0.25, 0.3) is 0 Å². The Morgan fingerprint density at radius 3 is 2.53 bits per heavy atom. The molecule has 0 aliphatic heterocycles. The fraction of sp³-hybridized carbons (Fsp3) is 0.500. The van der Waals surface area contributed by atoms with E-state index in [0.717, 1.165) is 18.4 Å². The molecular formula is C12H17Cl2N3O2. The molecule has 0 bridgehead atoms. The van der Waals surface area contributed by atoms with Crippen LogP contribution in [0.25, 0.3) is 0 Å². The Hall–Kier alpha value is -0.880. The lowest BCUT2D eigenvalue weighted by Crippen LogP contribution is -2.36. The Morgan fingerprint density at radius 1 is 1.37 bits per heavy atom. The van der Waals surface area contributed by atoms with Crippen molar-refractivity contribution in [3.05, 3.63) is 28.0 Å². The van der Waals surface area contributed by atoms with Crippen LogP contribution in [-0.2, 0) is 11.3 Å². The molecule has 1 heterocycles. The van der Waals surface area contributed by atoms with E-state index in [1.165, 1.54) is 0 Å². The normalized spacial score (nSPS) is 12.4. The average Bonchev–Trinajstić information content (AvgIpc) is 2.32. The van der Waals surface area contributed by atoms with Crippen LogP contribution in [0.1, 0.15) is 24.8 Å². The highest BCUT2D eigenvalue weighted by Crippen LogP contribution is 2.14. The number of carbonyl (C=O) groups is 1. The molecule has 0 fully saturated rings. The molecule has 1 aromatic heterocycles. The molecule has 0 radical (unpaired) electrons. The molecule has 1 rings (SSSR count). The molecule has 1 atom stereocenters. The van der Waals surface area contributed by atoms with Crippen molar-refractivity contribution in [3.63, 3.8) is 0 Å². The number of pyridine rings is 1. The number of nitrogens with one attached hydrogen (secondary N) is 1. The van der Waals surface area contributed by atoms with Gasteiger partial charge in [0.05, 0.1) is 0 Å². The van der Waals surface area contributed by atoms with Crippen molar-refractivity contribution in [3.8, 4) is 0 Å². The first kappa shape index (κ1) is 16.2. The molecule has 0 amide bonds. The summed E-state index contributed by atoms with van der Waals surface area (Å²) in [7, 11) is 0. The maximum absolute atomic E-state index is 11.1. The second kappa shape index (κ2) is 8.32. The Morgan fingerprint density at radius 2 is 2.00 bits per heavy atom. The number of rotatable bonds is 8. The smallest absolute Gasteiger partial charge is 0.320 e. The summed E-state index contributed by atoms with van der Waals surface area (Å²) in [5, 5.41) is 12.6. The van der Waals surface area contributed by atoms with E-state index >= 15 is 0 Å². The molecule has 0 unspecified atom stereocenters. The number of halogens is 2. The van der Waals surface area contributed by atoms with Crippen LogP contribution < -0.4 is 11.1 Å². The summed E-state index contributed by atoms with van der Waals surface area (Å²) in [6, 6.07) is 2.70. The summed E-state index contributed by atoms with van der Waals surface area (Å²) >= 11 is 11.6. The highest BCUT2D eigenvalue weighted by molar-refractivity contribution is 6.32. The van der Waals surface area contributed by atoms with Gasteiger partial charge in [0.15, 0.2) is 0 Å². The summed E-state index contributed by atoms with van der Waals surface area (Å²) in [4.78, 5) is 14.9. The van der Waals surface area contributed by atoms with Crippen LogP contribution in [0.3, 0.4) is 0 Å². The van der Waals surface area contributed by atoms with Crippen molar-refractivity contribution < 1.29 is 9.90 Å². The summed E-state index contributed by atoms with van der Waals surface area (Å²) in [5.74, 6) is -0.872. The zero-order chi connectivity index (χ0) is 14.3. The van der Waals surface area contributed by atoms with Crippen LogP contribution in [-0.4, -0.2) is 28.6 Å². The summed E-state index contributed by atoms with van der Waals surface area (Å²) in [5.41, 5.74) is 6.19. The first-order chi connectivity index (χ1) is 9.02. The molecule has 0 aromatic carbocycles. The first-order valence-electron chi connectivity index (χ1n) is 6.01. The molecule has 0 spiro atoms. The number of hydrogen-bond acceptors (Lipinski definition) is 4. The third-order valence-electron chi connectivity index (χ3n) is 2.62. The molecule has 19 heavy (non-hydrogen) atoms. The molecule has 5 nitrogen and oxygen atoms in total. The van der Waals surface area contributed by atoms with Crippen LogP contribution in [0.5, 0.6) is 0 Å². The quantitative estimate of drug-likeness (QED) is 0.505. The van der Waals surface area contributed by atoms with Gasteiger partial charge in [0.2, 0.25) is 0 Å². The minimum atomic E-state index is -0.872. The number of carboxylic acid groups (broad SMARTS) is 1. The molecule has 0 saturated carbocycles. The number of aliphatic carboxylic acids is 1. The number of nitrogens with zero attached hydrogens (tertiary/aromatic N) is 1. The monoisotopic (exact) mass is 305 g/mol. The zero-order valence-electron chi connectivity index (χ0n) is 10.4. The second-order valence-electron chi connectivity index (χ2n) is 4.18. The zero-order valence-corrected chi connectivity index (χ0v) is 11.9. The lowest BCUT2D eigenvalue weighted by atomic mass is 10.1. The van der Waals surface area contributed by atoms with Gasteiger partial charge in [-0.25, -0.2) is 4.98 Å². The molecule has 0 aliphatic rings. The van der Waals surface area contributed by atoms with E-state index in [1.54, 1.807) is 12.1 Å². The van der Waals surface area contributed by atoms with Crippen LogP contribution >= 0.6 is 23.2 Å².